The number of hydrogen-bond acceptors (Lipinski definition) is 3. The molecule has 0 spiro atoms. The lowest BCUT2D eigenvalue weighted by atomic mass is 9.76. The van der Waals surface area contributed by atoms with Crippen LogP contribution < -0.4 is 5.32 Å². The quantitative estimate of drug-likeness (QED) is 0.625. The highest BCUT2D eigenvalue weighted by Crippen LogP contribution is 2.33. The van der Waals surface area contributed by atoms with Crippen LogP contribution in [-0.2, 0) is 9.53 Å². The average molecular weight is 315 g/mol. The van der Waals surface area contributed by atoms with Crippen LogP contribution in [0.2, 0.25) is 0 Å². The number of amides is 1. The third kappa shape index (κ3) is 8.25. The van der Waals surface area contributed by atoms with E-state index in [9.17, 15) is 14.7 Å². The zero-order chi connectivity index (χ0) is 17.4. The van der Waals surface area contributed by atoms with Gasteiger partial charge in [0.15, 0.2) is 0 Å². The first-order valence-corrected chi connectivity index (χ1v) is 8.22. The van der Waals surface area contributed by atoms with E-state index in [1.165, 1.54) is 0 Å². The Morgan fingerprint density at radius 3 is 2.18 bits per heavy atom. The molecule has 0 aliphatic heterocycles. The second kappa shape index (κ2) is 9.01. The number of unbranched alkanes of at least 4 members (excludes halogenated alkanes) is 2. The van der Waals surface area contributed by atoms with Crippen LogP contribution >= 0.6 is 0 Å². The maximum atomic E-state index is 11.9. The fourth-order valence-corrected chi connectivity index (χ4v) is 2.58. The maximum Gasteiger partial charge on any atom is 0.407 e. The van der Waals surface area contributed by atoms with Gasteiger partial charge in [0, 0.05) is 6.54 Å². The summed E-state index contributed by atoms with van der Waals surface area (Å²) in [4.78, 5) is 23.7. The highest BCUT2D eigenvalue weighted by atomic mass is 16.6. The molecule has 1 unspecified atom stereocenters. The summed E-state index contributed by atoms with van der Waals surface area (Å²) >= 11 is 0. The van der Waals surface area contributed by atoms with Gasteiger partial charge in [-0.15, -0.1) is 0 Å². The molecule has 5 heteroatoms. The fraction of sp³-hybridized carbons (Fsp3) is 0.882. The Morgan fingerprint density at radius 1 is 1.18 bits per heavy atom. The van der Waals surface area contributed by atoms with Crippen molar-refractivity contribution in [2.75, 3.05) is 6.54 Å². The molecule has 0 aromatic carbocycles. The monoisotopic (exact) mass is 315 g/mol. The van der Waals surface area contributed by atoms with E-state index in [1.54, 1.807) is 20.8 Å². The number of rotatable bonds is 9. The molecule has 1 amide bonds. The Hall–Kier alpha value is -1.26. The predicted octanol–water partition coefficient (Wildman–Crippen LogP) is 4.21. The van der Waals surface area contributed by atoms with Gasteiger partial charge in [-0.25, -0.2) is 4.79 Å². The summed E-state index contributed by atoms with van der Waals surface area (Å²) in [5, 5.41) is 12.4. The van der Waals surface area contributed by atoms with Crippen LogP contribution in [0, 0.1) is 11.3 Å². The van der Waals surface area contributed by atoms with E-state index in [2.05, 4.69) is 12.2 Å². The van der Waals surface area contributed by atoms with Crippen molar-refractivity contribution in [2.45, 2.75) is 79.2 Å². The van der Waals surface area contributed by atoms with Crippen LogP contribution in [0.5, 0.6) is 0 Å². The fourth-order valence-electron chi connectivity index (χ4n) is 2.58. The molecule has 0 saturated carbocycles. The van der Waals surface area contributed by atoms with Gasteiger partial charge in [0.25, 0.3) is 0 Å². The lowest BCUT2D eigenvalue weighted by Gasteiger charge is -2.32. The number of carboxylic acids is 1. The van der Waals surface area contributed by atoms with Crippen molar-refractivity contribution in [1.82, 2.24) is 5.32 Å². The van der Waals surface area contributed by atoms with E-state index in [-0.39, 0.29) is 12.5 Å². The van der Waals surface area contributed by atoms with Crippen molar-refractivity contribution < 1.29 is 19.4 Å². The summed E-state index contributed by atoms with van der Waals surface area (Å²) in [5.41, 5.74) is -1.50. The molecule has 1 atom stereocenters. The molecule has 0 aromatic rings. The smallest absolute Gasteiger partial charge is 0.407 e. The first kappa shape index (κ1) is 20.7. The molecule has 0 rings (SSSR count). The van der Waals surface area contributed by atoms with E-state index in [0.29, 0.717) is 12.8 Å². The van der Waals surface area contributed by atoms with Gasteiger partial charge in [-0.1, -0.05) is 40.0 Å². The molecule has 0 aliphatic rings. The molecule has 0 aromatic heterocycles. The summed E-state index contributed by atoms with van der Waals surface area (Å²) in [5.74, 6) is -0.591. The zero-order valence-corrected chi connectivity index (χ0v) is 15.0. The molecule has 0 saturated heterocycles. The van der Waals surface area contributed by atoms with Crippen molar-refractivity contribution in [3.8, 4) is 0 Å². The van der Waals surface area contributed by atoms with Crippen molar-refractivity contribution in [2.24, 2.45) is 11.3 Å². The minimum Gasteiger partial charge on any atom is -0.481 e. The van der Waals surface area contributed by atoms with Gasteiger partial charge in [-0.05, 0) is 39.5 Å². The van der Waals surface area contributed by atoms with Gasteiger partial charge in [0.05, 0.1) is 5.41 Å². The van der Waals surface area contributed by atoms with Crippen LogP contribution in [0.25, 0.3) is 0 Å². The van der Waals surface area contributed by atoms with Gasteiger partial charge in [-0.2, -0.15) is 0 Å². The lowest BCUT2D eigenvalue weighted by molar-refractivity contribution is -0.150. The van der Waals surface area contributed by atoms with Gasteiger partial charge in [0.2, 0.25) is 0 Å². The number of carbonyl (C=O) groups excluding carboxylic acids is 1. The summed E-state index contributed by atoms with van der Waals surface area (Å²) in [6.45, 7) is 11.6. The number of hydrogen-bond donors (Lipinski definition) is 2. The van der Waals surface area contributed by atoms with Gasteiger partial charge in [0.1, 0.15) is 5.60 Å². The lowest BCUT2D eigenvalue weighted by Crippen LogP contribution is -2.45. The summed E-state index contributed by atoms with van der Waals surface area (Å²) in [7, 11) is 0. The average Bonchev–Trinajstić information content (AvgIpc) is 2.33. The molecule has 0 heterocycles. The number of aliphatic carboxylic acids is 1. The van der Waals surface area contributed by atoms with E-state index in [0.717, 1.165) is 19.3 Å². The minimum absolute atomic E-state index is 0.110. The summed E-state index contributed by atoms with van der Waals surface area (Å²) in [6, 6.07) is 0. The third-order valence-electron chi connectivity index (χ3n) is 3.48. The number of ether oxygens (including phenoxy) is 1. The number of alkyl carbamates (subject to hydrolysis) is 1. The normalized spacial score (nSPS) is 14.5. The van der Waals surface area contributed by atoms with Crippen molar-refractivity contribution >= 4 is 12.1 Å². The first-order valence-electron chi connectivity index (χ1n) is 8.22. The zero-order valence-electron chi connectivity index (χ0n) is 15.0. The summed E-state index contributed by atoms with van der Waals surface area (Å²) < 4.78 is 5.20. The molecular formula is C17H33NO4. The molecular weight excluding hydrogens is 282 g/mol. The second-order valence-corrected chi connectivity index (χ2v) is 7.50. The molecule has 2 N–H and O–H groups in total. The van der Waals surface area contributed by atoms with E-state index in [1.807, 2.05) is 13.8 Å². The molecule has 0 bridgehead atoms. The largest absolute Gasteiger partial charge is 0.481 e. The molecule has 0 fully saturated rings. The third-order valence-corrected chi connectivity index (χ3v) is 3.48. The van der Waals surface area contributed by atoms with Crippen LogP contribution in [0.1, 0.15) is 73.6 Å². The van der Waals surface area contributed by atoms with E-state index >= 15 is 0 Å². The van der Waals surface area contributed by atoms with Gasteiger partial charge in [-0.3, -0.25) is 4.79 Å². The Bertz CT molecular complexity index is 360. The maximum absolute atomic E-state index is 11.9. The summed E-state index contributed by atoms with van der Waals surface area (Å²) in [6.07, 6.45) is 3.45. The Balaban J connectivity index is 4.89. The van der Waals surface area contributed by atoms with Crippen molar-refractivity contribution in [3.05, 3.63) is 0 Å². The standard InChI is InChI=1S/C17H33NO4/c1-7-8-9-10-17(14(19)20,11-13(2)3)12-18-15(21)22-16(4,5)6/h13H,7-12H2,1-6H3,(H,18,21)(H,19,20). The van der Waals surface area contributed by atoms with Crippen molar-refractivity contribution in [1.29, 1.82) is 0 Å². The van der Waals surface area contributed by atoms with Crippen LogP contribution in [0.4, 0.5) is 4.79 Å². The molecule has 22 heavy (non-hydrogen) atoms. The van der Waals surface area contributed by atoms with Gasteiger partial charge >= 0.3 is 12.1 Å². The Labute approximate surface area is 134 Å². The minimum atomic E-state index is -0.916. The first-order chi connectivity index (χ1) is 10.0. The highest BCUT2D eigenvalue weighted by molar-refractivity contribution is 5.76. The number of nitrogens with one attached hydrogen (secondary N) is 1. The molecule has 5 nitrogen and oxygen atoms in total. The molecule has 0 radical (unpaired) electrons. The van der Waals surface area contributed by atoms with Crippen LogP contribution in [-0.4, -0.2) is 29.3 Å². The predicted molar refractivity (Wildman–Crippen MR) is 87.9 cm³/mol. The number of carbonyl (C=O) groups is 2. The molecule has 0 aliphatic carbocycles. The molecule has 130 valence electrons. The van der Waals surface area contributed by atoms with Gasteiger partial charge < -0.3 is 15.2 Å². The van der Waals surface area contributed by atoms with Crippen molar-refractivity contribution in [3.63, 3.8) is 0 Å². The number of carboxylic acid groups (broad SMARTS) is 1. The van der Waals surface area contributed by atoms with Crippen LogP contribution in [0.3, 0.4) is 0 Å². The highest BCUT2D eigenvalue weighted by Gasteiger charge is 2.39. The van der Waals surface area contributed by atoms with E-state index < -0.39 is 23.1 Å². The topological polar surface area (TPSA) is 75.6 Å². The Morgan fingerprint density at radius 2 is 1.77 bits per heavy atom. The second-order valence-electron chi connectivity index (χ2n) is 7.50. The van der Waals surface area contributed by atoms with E-state index in [4.69, 9.17) is 4.74 Å². The Kier molecular flexibility index (Phi) is 8.49. The van der Waals surface area contributed by atoms with Crippen LogP contribution in [0.15, 0.2) is 0 Å². The SMILES string of the molecule is CCCCCC(CNC(=O)OC(C)(C)C)(CC(C)C)C(=O)O.